The van der Waals surface area contributed by atoms with Crippen molar-refractivity contribution in [2.75, 3.05) is 46.4 Å². The Balaban J connectivity index is 0.00000151. The Morgan fingerprint density at radius 3 is 2.52 bits per heavy atom. The fraction of sp³-hybridized carbons (Fsp3) is 0.750. The van der Waals surface area contributed by atoms with E-state index in [0.29, 0.717) is 18.6 Å². The van der Waals surface area contributed by atoms with Gasteiger partial charge in [-0.3, -0.25) is 0 Å². The quantitative estimate of drug-likeness (QED) is 0.727. The maximum Gasteiger partial charge on any atom is 0.335 e. The van der Waals surface area contributed by atoms with Gasteiger partial charge in [0.1, 0.15) is 0 Å². The third-order valence-electron chi connectivity index (χ3n) is 4.74. The van der Waals surface area contributed by atoms with Crippen LogP contribution in [0.2, 0.25) is 0 Å². The van der Waals surface area contributed by atoms with E-state index in [9.17, 15) is 4.79 Å². The molecular formula is C20H36N2O3. The number of piperidine rings is 1. The highest BCUT2D eigenvalue weighted by Crippen LogP contribution is 2.24. The average molecular weight is 353 g/mol. The van der Waals surface area contributed by atoms with Gasteiger partial charge in [-0.05, 0) is 52.4 Å². The molecule has 0 aromatic rings. The van der Waals surface area contributed by atoms with Crippen LogP contribution in [0.15, 0.2) is 23.8 Å². The normalized spacial score (nSPS) is 23.8. The highest BCUT2D eigenvalue weighted by atomic mass is 16.5. The van der Waals surface area contributed by atoms with Crippen LogP contribution in [0.5, 0.6) is 0 Å². The molecule has 144 valence electrons. The van der Waals surface area contributed by atoms with Gasteiger partial charge in [0.25, 0.3) is 0 Å². The molecule has 0 saturated carbocycles. The lowest BCUT2D eigenvalue weighted by molar-refractivity contribution is -0.132. The summed E-state index contributed by atoms with van der Waals surface area (Å²) in [5, 5.41) is 8.95. The van der Waals surface area contributed by atoms with Crippen LogP contribution in [0.3, 0.4) is 0 Å². The Morgan fingerprint density at radius 1 is 1.28 bits per heavy atom. The van der Waals surface area contributed by atoms with E-state index in [0.717, 1.165) is 19.6 Å². The standard InChI is InChI=1S/C18H30N2O3.C2H6/c1-18(8-6-16(7-9-18)17(21)22)23-15-14-19(2)12-13-20-10-4-3-5-11-20;1-2/h6-8H,3-5,9-15H2,1-2H3,(H,21,22);1-2H3. The zero-order valence-corrected chi connectivity index (χ0v) is 16.5. The van der Waals surface area contributed by atoms with E-state index in [1.807, 2.05) is 26.8 Å². The van der Waals surface area contributed by atoms with Crippen molar-refractivity contribution in [3.63, 3.8) is 0 Å². The van der Waals surface area contributed by atoms with Crippen LogP contribution in [0.1, 0.15) is 46.5 Å². The number of ether oxygens (including phenoxy) is 1. The van der Waals surface area contributed by atoms with Gasteiger partial charge in [0.05, 0.1) is 17.8 Å². The van der Waals surface area contributed by atoms with E-state index < -0.39 is 5.97 Å². The number of likely N-dealkylation sites (tertiary alicyclic amines) is 1. The summed E-state index contributed by atoms with van der Waals surface area (Å²) in [5.74, 6) is -0.874. The van der Waals surface area contributed by atoms with Crippen LogP contribution < -0.4 is 0 Å². The molecule has 1 aliphatic carbocycles. The summed E-state index contributed by atoms with van der Waals surface area (Å²) in [6, 6.07) is 0. The summed E-state index contributed by atoms with van der Waals surface area (Å²) in [6.07, 6.45) is 9.91. The minimum Gasteiger partial charge on any atom is -0.478 e. The second-order valence-corrected chi connectivity index (χ2v) is 6.87. The Bertz CT molecular complexity index is 456. The lowest BCUT2D eigenvalue weighted by atomic mass is 9.94. The topological polar surface area (TPSA) is 53.0 Å². The van der Waals surface area contributed by atoms with Crippen molar-refractivity contribution in [1.29, 1.82) is 0 Å². The lowest BCUT2D eigenvalue weighted by Gasteiger charge is -2.30. The fourth-order valence-electron chi connectivity index (χ4n) is 3.02. The van der Waals surface area contributed by atoms with E-state index in [1.165, 1.54) is 32.4 Å². The molecule has 1 fully saturated rings. The zero-order valence-electron chi connectivity index (χ0n) is 16.5. The molecule has 0 aromatic heterocycles. The Morgan fingerprint density at radius 2 is 1.96 bits per heavy atom. The number of hydrogen-bond donors (Lipinski definition) is 1. The van der Waals surface area contributed by atoms with E-state index >= 15 is 0 Å². The maximum atomic E-state index is 10.9. The van der Waals surface area contributed by atoms with E-state index in [-0.39, 0.29) is 5.60 Å². The van der Waals surface area contributed by atoms with Crippen LogP contribution in [-0.4, -0.2) is 72.9 Å². The van der Waals surface area contributed by atoms with E-state index in [2.05, 4.69) is 16.8 Å². The molecule has 2 rings (SSSR count). The van der Waals surface area contributed by atoms with Gasteiger partial charge in [-0.15, -0.1) is 0 Å². The zero-order chi connectivity index (χ0) is 18.7. The molecular weight excluding hydrogens is 316 g/mol. The molecule has 0 bridgehead atoms. The number of likely N-dealkylation sites (N-methyl/N-ethyl adjacent to an activating group) is 1. The number of aliphatic carboxylic acids is 1. The largest absolute Gasteiger partial charge is 0.478 e. The fourth-order valence-corrected chi connectivity index (χ4v) is 3.02. The first kappa shape index (κ1) is 21.9. The van der Waals surface area contributed by atoms with Gasteiger partial charge in [0.2, 0.25) is 0 Å². The van der Waals surface area contributed by atoms with Crippen molar-refractivity contribution in [2.45, 2.75) is 52.1 Å². The predicted molar refractivity (Wildman–Crippen MR) is 103 cm³/mol. The molecule has 5 heteroatoms. The molecule has 0 radical (unpaired) electrons. The first-order valence-electron chi connectivity index (χ1n) is 9.66. The number of carbonyl (C=O) groups is 1. The molecule has 1 saturated heterocycles. The number of nitrogens with zero attached hydrogens (tertiary/aromatic N) is 2. The summed E-state index contributed by atoms with van der Waals surface area (Å²) in [5.41, 5.74) is -0.0307. The number of carboxylic acid groups (broad SMARTS) is 1. The first-order chi connectivity index (χ1) is 12.0. The third-order valence-corrected chi connectivity index (χ3v) is 4.74. The smallest absolute Gasteiger partial charge is 0.335 e. The summed E-state index contributed by atoms with van der Waals surface area (Å²) in [4.78, 5) is 15.8. The van der Waals surface area contributed by atoms with Crippen LogP contribution in [0, 0.1) is 0 Å². The second kappa shape index (κ2) is 11.4. The van der Waals surface area contributed by atoms with Crippen LogP contribution >= 0.6 is 0 Å². The summed E-state index contributed by atoms with van der Waals surface area (Å²) in [7, 11) is 2.13. The van der Waals surface area contributed by atoms with Crippen molar-refractivity contribution in [3.05, 3.63) is 23.8 Å². The summed E-state index contributed by atoms with van der Waals surface area (Å²) < 4.78 is 5.98. The molecule has 5 nitrogen and oxygen atoms in total. The average Bonchev–Trinajstić information content (AvgIpc) is 2.63. The SMILES string of the molecule is CC.CN(CCOC1(C)C=CC(C(=O)O)=CC1)CCN1CCCCC1. The van der Waals surface area contributed by atoms with Crippen molar-refractivity contribution in [1.82, 2.24) is 9.80 Å². The van der Waals surface area contributed by atoms with Crippen LogP contribution in [0.4, 0.5) is 0 Å². The number of carboxylic acids is 1. The molecule has 25 heavy (non-hydrogen) atoms. The van der Waals surface area contributed by atoms with Gasteiger partial charge in [-0.2, -0.15) is 0 Å². The van der Waals surface area contributed by atoms with Gasteiger partial charge >= 0.3 is 5.97 Å². The molecule has 1 atom stereocenters. The van der Waals surface area contributed by atoms with Crippen molar-refractivity contribution in [3.8, 4) is 0 Å². The lowest BCUT2D eigenvalue weighted by Crippen LogP contribution is -2.38. The summed E-state index contributed by atoms with van der Waals surface area (Å²) >= 11 is 0. The Kier molecular flexibility index (Phi) is 10.0. The van der Waals surface area contributed by atoms with E-state index in [1.54, 1.807) is 12.2 Å². The van der Waals surface area contributed by atoms with Gasteiger partial charge in [0, 0.05) is 19.6 Å². The molecule has 1 unspecified atom stereocenters. The first-order valence-corrected chi connectivity index (χ1v) is 9.66. The van der Waals surface area contributed by atoms with Crippen LogP contribution in [-0.2, 0) is 9.53 Å². The van der Waals surface area contributed by atoms with Gasteiger partial charge in [-0.1, -0.05) is 32.4 Å². The van der Waals surface area contributed by atoms with Crippen molar-refractivity contribution < 1.29 is 14.6 Å². The van der Waals surface area contributed by atoms with Crippen molar-refractivity contribution >= 4 is 5.97 Å². The second-order valence-electron chi connectivity index (χ2n) is 6.87. The molecule has 1 heterocycles. The molecule has 0 aromatic carbocycles. The van der Waals surface area contributed by atoms with Gasteiger partial charge in [0.15, 0.2) is 0 Å². The number of rotatable bonds is 8. The molecule has 2 aliphatic rings. The molecule has 1 aliphatic heterocycles. The Hall–Kier alpha value is -1.17. The van der Waals surface area contributed by atoms with Crippen LogP contribution in [0.25, 0.3) is 0 Å². The predicted octanol–water partition coefficient (Wildman–Crippen LogP) is 3.18. The molecule has 0 spiro atoms. The minimum atomic E-state index is -0.874. The monoisotopic (exact) mass is 352 g/mol. The summed E-state index contributed by atoms with van der Waals surface area (Å²) in [6.45, 7) is 12.3. The molecule has 0 amide bonds. The minimum absolute atomic E-state index is 0.352. The van der Waals surface area contributed by atoms with E-state index in [4.69, 9.17) is 9.84 Å². The number of hydrogen-bond acceptors (Lipinski definition) is 4. The maximum absolute atomic E-state index is 10.9. The van der Waals surface area contributed by atoms with Crippen molar-refractivity contribution in [2.24, 2.45) is 0 Å². The van der Waals surface area contributed by atoms with Gasteiger partial charge < -0.3 is 19.6 Å². The third kappa shape index (κ3) is 8.17. The highest BCUT2D eigenvalue weighted by molar-refractivity contribution is 5.90. The van der Waals surface area contributed by atoms with Gasteiger partial charge in [-0.25, -0.2) is 4.79 Å². The molecule has 1 N–H and O–H groups in total. The Labute approximate surface area is 153 Å². The highest BCUT2D eigenvalue weighted by Gasteiger charge is 2.24.